The largest absolute Gasteiger partial charge is 0.375 e. The van der Waals surface area contributed by atoms with Gasteiger partial charge in [0.05, 0.1) is 11.1 Å². The van der Waals surface area contributed by atoms with Gasteiger partial charge in [-0.15, -0.1) is 0 Å². The number of hydrogen-bond acceptors (Lipinski definition) is 6. The summed E-state index contributed by atoms with van der Waals surface area (Å²) in [7, 11) is 0. The summed E-state index contributed by atoms with van der Waals surface area (Å²) in [4.78, 5) is 13.1. The molecule has 0 saturated heterocycles. The van der Waals surface area contributed by atoms with Gasteiger partial charge in [0.25, 0.3) is 0 Å². The Morgan fingerprint density at radius 2 is 2.08 bits per heavy atom. The highest BCUT2D eigenvalue weighted by molar-refractivity contribution is 5.79. The van der Waals surface area contributed by atoms with Crippen molar-refractivity contribution in [3.8, 4) is 0 Å². The minimum atomic E-state index is -1.03. The molecule has 4 rings (SSSR count). The van der Waals surface area contributed by atoms with E-state index in [0.29, 0.717) is 17.2 Å². The molecular weight excluding hydrogens is 321 g/mol. The van der Waals surface area contributed by atoms with Gasteiger partial charge in [-0.25, -0.2) is 14.4 Å². The van der Waals surface area contributed by atoms with Gasteiger partial charge in [0.1, 0.15) is 17.7 Å². The molecule has 0 spiro atoms. The van der Waals surface area contributed by atoms with Crippen LogP contribution in [0.1, 0.15) is 36.7 Å². The van der Waals surface area contributed by atoms with Crippen LogP contribution >= 0.6 is 0 Å². The molecule has 128 valence electrons. The van der Waals surface area contributed by atoms with Crippen LogP contribution in [0, 0.1) is 5.82 Å². The van der Waals surface area contributed by atoms with E-state index in [1.54, 1.807) is 36.7 Å². The fourth-order valence-corrected chi connectivity index (χ4v) is 3.20. The molecule has 0 amide bonds. The number of nitrogens with one attached hydrogen (secondary N) is 1. The van der Waals surface area contributed by atoms with E-state index in [0.717, 1.165) is 30.2 Å². The Morgan fingerprint density at radius 1 is 1.24 bits per heavy atom. The maximum Gasteiger partial charge on any atom is 0.223 e. The van der Waals surface area contributed by atoms with Gasteiger partial charge in [0.15, 0.2) is 0 Å². The normalized spacial score (nSPS) is 17.1. The molecule has 0 bridgehead atoms. The number of hydrogen-bond donors (Lipinski definition) is 3. The first kappa shape index (κ1) is 15.9. The highest BCUT2D eigenvalue weighted by Crippen LogP contribution is 2.43. The number of nitrogens with two attached hydrogens (primary N) is 1. The van der Waals surface area contributed by atoms with Crippen LogP contribution in [0.15, 0.2) is 42.7 Å². The third-order valence-electron chi connectivity index (χ3n) is 4.72. The Morgan fingerprint density at radius 3 is 2.76 bits per heavy atom. The predicted molar refractivity (Wildman–Crippen MR) is 92.0 cm³/mol. The van der Waals surface area contributed by atoms with Crippen LogP contribution in [0.3, 0.4) is 0 Å². The molecular formula is C18H18FN5O. The molecule has 2 heterocycles. The van der Waals surface area contributed by atoms with Crippen LogP contribution in [0.5, 0.6) is 0 Å². The number of aromatic nitrogens is 3. The van der Waals surface area contributed by atoms with Crippen LogP contribution in [0.2, 0.25) is 0 Å². The van der Waals surface area contributed by atoms with Crippen molar-refractivity contribution >= 4 is 16.9 Å². The van der Waals surface area contributed by atoms with Gasteiger partial charge < -0.3 is 16.2 Å². The molecule has 1 fully saturated rings. The Balaban J connectivity index is 1.68. The smallest absolute Gasteiger partial charge is 0.223 e. The van der Waals surface area contributed by atoms with Crippen molar-refractivity contribution in [2.45, 2.75) is 31.0 Å². The van der Waals surface area contributed by atoms with E-state index >= 15 is 0 Å². The summed E-state index contributed by atoms with van der Waals surface area (Å²) in [5, 5.41) is 13.5. The standard InChI is InChI=1S/C18H18FN5O/c19-13-3-1-8-21-15(13)18(6-2-7-18)24-17-22-10-12-9-11(16(20)25)4-5-14(12)23-17/h1,3-5,8-10,16,25H,2,6-7,20H2,(H,22,23,24). The van der Waals surface area contributed by atoms with Crippen LogP contribution < -0.4 is 11.1 Å². The van der Waals surface area contributed by atoms with Crippen molar-refractivity contribution in [3.05, 3.63) is 59.8 Å². The van der Waals surface area contributed by atoms with Crippen molar-refractivity contribution in [2.24, 2.45) is 5.73 Å². The van der Waals surface area contributed by atoms with Crippen molar-refractivity contribution < 1.29 is 9.50 Å². The topological polar surface area (TPSA) is 97.0 Å². The summed E-state index contributed by atoms with van der Waals surface area (Å²) in [5.74, 6) is 0.107. The van der Waals surface area contributed by atoms with Crippen LogP contribution in [-0.2, 0) is 5.54 Å². The van der Waals surface area contributed by atoms with E-state index in [4.69, 9.17) is 5.73 Å². The third kappa shape index (κ3) is 2.81. The number of fused-ring (bicyclic) bond motifs is 1. The summed E-state index contributed by atoms with van der Waals surface area (Å²) in [6.07, 6.45) is 4.78. The van der Waals surface area contributed by atoms with Gasteiger partial charge in [-0.1, -0.05) is 6.07 Å². The number of aliphatic hydroxyl groups excluding tert-OH is 1. The predicted octanol–water partition coefficient (Wildman–Crippen LogP) is 2.60. The maximum absolute atomic E-state index is 14.2. The summed E-state index contributed by atoms with van der Waals surface area (Å²) in [5.41, 5.74) is 6.65. The molecule has 1 unspecified atom stereocenters. The monoisotopic (exact) mass is 339 g/mol. The Labute approximate surface area is 143 Å². The Bertz CT molecular complexity index is 926. The van der Waals surface area contributed by atoms with Crippen LogP contribution in [0.4, 0.5) is 10.3 Å². The summed E-state index contributed by atoms with van der Waals surface area (Å²) >= 11 is 0. The van der Waals surface area contributed by atoms with Crippen molar-refractivity contribution in [1.82, 2.24) is 15.0 Å². The average Bonchev–Trinajstić information content (AvgIpc) is 2.58. The second kappa shape index (κ2) is 6.02. The Hall–Kier alpha value is -2.64. The second-order valence-electron chi connectivity index (χ2n) is 6.35. The lowest BCUT2D eigenvalue weighted by Crippen LogP contribution is -2.44. The number of rotatable bonds is 4. The lowest BCUT2D eigenvalue weighted by atomic mass is 9.74. The van der Waals surface area contributed by atoms with Crippen LogP contribution in [-0.4, -0.2) is 20.1 Å². The van der Waals surface area contributed by atoms with E-state index in [-0.39, 0.29) is 5.82 Å². The minimum absolute atomic E-state index is 0.322. The lowest BCUT2D eigenvalue weighted by Gasteiger charge is -2.42. The van der Waals surface area contributed by atoms with Gasteiger partial charge in [0, 0.05) is 17.8 Å². The zero-order valence-electron chi connectivity index (χ0n) is 13.5. The van der Waals surface area contributed by atoms with E-state index in [9.17, 15) is 9.50 Å². The van der Waals surface area contributed by atoms with E-state index in [1.165, 1.54) is 6.07 Å². The summed E-state index contributed by atoms with van der Waals surface area (Å²) in [6.45, 7) is 0. The van der Waals surface area contributed by atoms with Crippen molar-refractivity contribution in [1.29, 1.82) is 0 Å². The molecule has 1 atom stereocenters. The first-order chi connectivity index (χ1) is 12.1. The van der Waals surface area contributed by atoms with Gasteiger partial charge in [0.2, 0.25) is 5.95 Å². The molecule has 3 aromatic rings. The number of aliphatic hydroxyl groups is 1. The van der Waals surface area contributed by atoms with Gasteiger partial charge >= 0.3 is 0 Å². The second-order valence-corrected chi connectivity index (χ2v) is 6.35. The first-order valence-electron chi connectivity index (χ1n) is 8.17. The zero-order chi connectivity index (χ0) is 17.4. The average molecular weight is 339 g/mol. The molecule has 7 heteroatoms. The summed E-state index contributed by atoms with van der Waals surface area (Å²) < 4.78 is 14.2. The Kier molecular flexibility index (Phi) is 3.82. The van der Waals surface area contributed by atoms with E-state index in [2.05, 4.69) is 20.3 Å². The number of halogens is 1. The molecule has 0 aliphatic heterocycles. The fraction of sp³-hybridized carbons (Fsp3) is 0.278. The third-order valence-corrected chi connectivity index (χ3v) is 4.72. The summed E-state index contributed by atoms with van der Waals surface area (Å²) in [6, 6.07) is 8.26. The molecule has 1 aliphatic rings. The highest BCUT2D eigenvalue weighted by Gasteiger charge is 2.42. The fourth-order valence-electron chi connectivity index (χ4n) is 3.20. The van der Waals surface area contributed by atoms with Gasteiger partial charge in [-0.3, -0.25) is 4.98 Å². The SMILES string of the molecule is NC(O)c1ccc2nc(NC3(c4ncccc4F)CCC3)ncc2c1. The molecule has 1 saturated carbocycles. The minimum Gasteiger partial charge on any atom is -0.375 e. The van der Waals surface area contributed by atoms with Crippen molar-refractivity contribution in [3.63, 3.8) is 0 Å². The van der Waals surface area contributed by atoms with E-state index < -0.39 is 11.8 Å². The van der Waals surface area contributed by atoms with Crippen molar-refractivity contribution in [2.75, 3.05) is 5.32 Å². The van der Waals surface area contributed by atoms with E-state index in [1.807, 2.05) is 0 Å². The molecule has 4 N–H and O–H groups in total. The first-order valence-corrected chi connectivity index (χ1v) is 8.17. The van der Waals surface area contributed by atoms with Gasteiger partial charge in [-0.05, 0) is 49.1 Å². The molecule has 6 nitrogen and oxygen atoms in total. The molecule has 25 heavy (non-hydrogen) atoms. The zero-order valence-corrected chi connectivity index (χ0v) is 13.5. The molecule has 2 aromatic heterocycles. The number of pyridine rings is 1. The molecule has 0 radical (unpaired) electrons. The van der Waals surface area contributed by atoms with Crippen LogP contribution in [0.25, 0.3) is 10.9 Å². The number of benzene rings is 1. The number of nitrogens with zero attached hydrogens (tertiary/aromatic N) is 3. The quantitative estimate of drug-likeness (QED) is 0.632. The highest BCUT2D eigenvalue weighted by atomic mass is 19.1. The maximum atomic E-state index is 14.2. The molecule has 1 aromatic carbocycles. The molecule has 1 aliphatic carbocycles. The number of anilines is 1. The lowest BCUT2D eigenvalue weighted by molar-refractivity contribution is 0.186. The van der Waals surface area contributed by atoms with Gasteiger partial charge in [-0.2, -0.15) is 0 Å².